The monoisotopic (exact) mass is 431 g/mol. The van der Waals surface area contributed by atoms with Crippen molar-refractivity contribution in [3.63, 3.8) is 0 Å². The predicted octanol–water partition coefficient (Wildman–Crippen LogP) is 5.45. The van der Waals surface area contributed by atoms with Crippen molar-refractivity contribution in [1.82, 2.24) is 9.38 Å². The highest BCUT2D eigenvalue weighted by atomic mass is 35.5. The third-order valence-electron chi connectivity index (χ3n) is 5.21. The van der Waals surface area contributed by atoms with Gasteiger partial charge in [0.25, 0.3) is 5.91 Å². The molecule has 5 aromatic rings. The molecule has 1 amide bonds. The zero-order valence-corrected chi connectivity index (χ0v) is 17.3. The molecule has 0 unspecified atom stereocenters. The lowest BCUT2D eigenvalue weighted by Crippen LogP contribution is -2.13. The first-order valence-electron chi connectivity index (χ1n) is 9.72. The number of hydrogen-bond acceptors (Lipinski definition) is 4. The van der Waals surface area contributed by atoms with Crippen LogP contribution in [0.4, 0.5) is 5.82 Å². The van der Waals surface area contributed by atoms with Gasteiger partial charge in [0.15, 0.2) is 11.4 Å². The number of aromatic nitrogens is 2. The number of rotatable bonds is 4. The molecule has 3 aromatic heterocycles. The number of fused-ring (bicyclic) bond motifs is 2. The highest BCUT2D eigenvalue weighted by molar-refractivity contribution is 6.33. The highest BCUT2D eigenvalue weighted by Crippen LogP contribution is 2.28. The minimum absolute atomic E-state index is 0.00645. The molecular weight excluding hydrogens is 414 g/mol. The van der Waals surface area contributed by atoms with Gasteiger partial charge in [-0.15, -0.1) is 0 Å². The number of halogens is 1. The van der Waals surface area contributed by atoms with E-state index in [9.17, 15) is 9.90 Å². The highest BCUT2D eigenvalue weighted by Gasteiger charge is 2.17. The lowest BCUT2D eigenvalue weighted by atomic mass is 10.0. The largest absolute Gasteiger partial charge is 0.451 e. The molecule has 0 aliphatic heterocycles. The Morgan fingerprint density at radius 3 is 2.77 bits per heavy atom. The molecule has 0 saturated heterocycles. The number of anilines is 1. The van der Waals surface area contributed by atoms with E-state index < -0.39 is 0 Å². The number of carbonyl (C=O) groups is 1. The van der Waals surface area contributed by atoms with Crippen LogP contribution in [0.3, 0.4) is 0 Å². The summed E-state index contributed by atoms with van der Waals surface area (Å²) in [4.78, 5) is 17.2. The number of amides is 1. The third-order valence-corrected chi connectivity index (χ3v) is 5.51. The van der Waals surface area contributed by atoms with Crippen LogP contribution in [0, 0.1) is 6.92 Å². The molecule has 7 heteroatoms. The number of carbonyl (C=O) groups excluding carboxylic acids is 1. The van der Waals surface area contributed by atoms with Crippen molar-refractivity contribution in [3.8, 4) is 11.3 Å². The number of nitrogens with zero attached hydrogens (tertiary/aromatic N) is 2. The summed E-state index contributed by atoms with van der Waals surface area (Å²) in [6.07, 6.45) is 1.79. The minimum Gasteiger partial charge on any atom is -0.451 e. The number of pyridine rings is 1. The van der Waals surface area contributed by atoms with E-state index in [0.29, 0.717) is 27.9 Å². The summed E-state index contributed by atoms with van der Waals surface area (Å²) in [6.45, 7) is 1.82. The first-order valence-corrected chi connectivity index (χ1v) is 10.1. The van der Waals surface area contributed by atoms with E-state index in [4.69, 9.17) is 16.0 Å². The Morgan fingerprint density at radius 1 is 1.13 bits per heavy atom. The second-order valence-corrected chi connectivity index (χ2v) is 7.68. The van der Waals surface area contributed by atoms with Gasteiger partial charge in [-0.05, 0) is 59.7 Å². The van der Waals surface area contributed by atoms with E-state index >= 15 is 0 Å². The van der Waals surface area contributed by atoms with Gasteiger partial charge in [-0.3, -0.25) is 9.20 Å². The van der Waals surface area contributed by atoms with Crippen LogP contribution in [0.15, 0.2) is 71.3 Å². The Hall–Kier alpha value is -3.61. The van der Waals surface area contributed by atoms with Crippen LogP contribution >= 0.6 is 11.6 Å². The molecule has 0 aliphatic carbocycles. The Balaban J connectivity index is 1.43. The maximum Gasteiger partial charge on any atom is 0.292 e. The van der Waals surface area contributed by atoms with E-state index in [1.54, 1.807) is 34.9 Å². The summed E-state index contributed by atoms with van der Waals surface area (Å²) in [6, 6.07) is 18.7. The van der Waals surface area contributed by atoms with Crippen LogP contribution in [0.2, 0.25) is 5.02 Å². The predicted molar refractivity (Wildman–Crippen MR) is 120 cm³/mol. The molecule has 0 saturated carbocycles. The molecule has 0 radical (unpaired) electrons. The lowest BCUT2D eigenvalue weighted by Gasteiger charge is -2.05. The summed E-state index contributed by atoms with van der Waals surface area (Å²) in [5.74, 6) is 0.966. The molecule has 6 nitrogen and oxygen atoms in total. The molecule has 5 rings (SSSR count). The number of furan rings is 1. The molecule has 0 bridgehead atoms. The number of aliphatic hydroxyl groups excluding tert-OH is 1. The average molecular weight is 432 g/mol. The van der Waals surface area contributed by atoms with Gasteiger partial charge >= 0.3 is 0 Å². The fourth-order valence-electron chi connectivity index (χ4n) is 3.63. The first-order chi connectivity index (χ1) is 15.0. The molecule has 0 atom stereocenters. The van der Waals surface area contributed by atoms with Crippen molar-refractivity contribution in [3.05, 3.63) is 88.9 Å². The molecule has 154 valence electrons. The van der Waals surface area contributed by atoms with Gasteiger partial charge in [0.05, 0.1) is 17.3 Å². The van der Waals surface area contributed by atoms with Crippen LogP contribution < -0.4 is 5.32 Å². The SMILES string of the molecule is Cc1nc2c(Cl)cccn2c1NC(=O)c1ccc(-c2ccc3cc(CO)ccc3c2)o1. The number of imidazole rings is 1. The number of aryl methyl sites for hydroxylation is 1. The van der Waals surface area contributed by atoms with E-state index in [0.717, 1.165) is 21.9 Å². The fraction of sp³-hybridized carbons (Fsp3) is 0.0833. The zero-order valence-electron chi connectivity index (χ0n) is 16.6. The van der Waals surface area contributed by atoms with Crippen LogP contribution in [-0.4, -0.2) is 20.4 Å². The molecule has 0 aliphatic rings. The van der Waals surface area contributed by atoms with Crippen LogP contribution in [0.5, 0.6) is 0 Å². The zero-order chi connectivity index (χ0) is 21.5. The standard InChI is InChI=1S/C24H18ClN3O3/c1-14-22(28-10-2-3-19(25)23(28)26-14)27-24(30)21-9-8-20(31-21)18-7-6-16-11-15(13-29)4-5-17(16)12-18/h2-12,29H,13H2,1H3,(H,27,30). The Bertz CT molecular complexity index is 1450. The first kappa shape index (κ1) is 19.4. The Morgan fingerprint density at radius 2 is 1.94 bits per heavy atom. The Kier molecular flexibility index (Phi) is 4.73. The quantitative estimate of drug-likeness (QED) is 0.396. The van der Waals surface area contributed by atoms with Gasteiger partial charge in [-0.25, -0.2) is 4.98 Å². The van der Waals surface area contributed by atoms with Gasteiger partial charge in [-0.1, -0.05) is 35.9 Å². The van der Waals surface area contributed by atoms with E-state index in [2.05, 4.69) is 10.3 Å². The summed E-state index contributed by atoms with van der Waals surface area (Å²) in [5.41, 5.74) is 2.96. The van der Waals surface area contributed by atoms with Gasteiger partial charge < -0.3 is 14.8 Å². The summed E-state index contributed by atoms with van der Waals surface area (Å²) in [7, 11) is 0. The molecule has 0 spiro atoms. The van der Waals surface area contributed by atoms with Crippen molar-refractivity contribution >= 4 is 39.7 Å². The van der Waals surface area contributed by atoms with Gasteiger partial charge in [0.2, 0.25) is 0 Å². The van der Waals surface area contributed by atoms with Crippen LogP contribution in [0.25, 0.3) is 27.7 Å². The van der Waals surface area contributed by atoms with Crippen molar-refractivity contribution in [2.24, 2.45) is 0 Å². The van der Waals surface area contributed by atoms with E-state index in [-0.39, 0.29) is 18.3 Å². The molecule has 2 aromatic carbocycles. The molecule has 31 heavy (non-hydrogen) atoms. The topological polar surface area (TPSA) is 79.8 Å². The van der Waals surface area contributed by atoms with Gasteiger partial charge in [0, 0.05) is 11.8 Å². The molecule has 2 N–H and O–H groups in total. The average Bonchev–Trinajstić information content (AvgIpc) is 3.39. The van der Waals surface area contributed by atoms with Crippen molar-refractivity contribution in [2.45, 2.75) is 13.5 Å². The third kappa shape index (κ3) is 3.46. The normalized spacial score (nSPS) is 11.3. The van der Waals surface area contributed by atoms with E-state index in [1.807, 2.05) is 43.3 Å². The number of nitrogens with one attached hydrogen (secondary N) is 1. The second-order valence-electron chi connectivity index (χ2n) is 7.27. The summed E-state index contributed by atoms with van der Waals surface area (Å²) >= 11 is 6.20. The molecular formula is C24H18ClN3O3. The van der Waals surface area contributed by atoms with Crippen molar-refractivity contribution < 1.29 is 14.3 Å². The van der Waals surface area contributed by atoms with E-state index in [1.165, 1.54) is 0 Å². The maximum absolute atomic E-state index is 12.8. The summed E-state index contributed by atoms with van der Waals surface area (Å²) in [5, 5.41) is 14.7. The Labute approximate surface area is 182 Å². The smallest absolute Gasteiger partial charge is 0.292 e. The maximum atomic E-state index is 12.8. The minimum atomic E-state index is -0.371. The summed E-state index contributed by atoms with van der Waals surface area (Å²) < 4.78 is 7.58. The molecule has 0 fully saturated rings. The number of aliphatic hydroxyl groups is 1. The van der Waals surface area contributed by atoms with Gasteiger partial charge in [-0.2, -0.15) is 0 Å². The van der Waals surface area contributed by atoms with Crippen LogP contribution in [-0.2, 0) is 6.61 Å². The fourth-order valence-corrected chi connectivity index (χ4v) is 3.84. The number of benzene rings is 2. The van der Waals surface area contributed by atoms with Crippen molar-refractivity contribution in [1.29, 1.82) is 0 Å². The van der Waals surface area contributed by atoms with Crippen molar-refractivity contribution in [2.75, 3.05) is 5.32 Å². The number of hydrogen-bond donors (Lipinski definition) is 2. The molecule has 3 heterocycles. The van der Waals surface area contributed by atoms with Gasteiger partial charge in [0.1, 0.15) is 11.6 Å². The lowest BCUT2D eigenvalue weighted by molar-refractivity contribution is 0.0997. The van der Waals surface area contributed by atoms with Crippen LogP contribution in [0.1, 0.15) is 21.8 Å². The second kappa shape index (κ2) is 7.58.